The van der Waals surface area contributed by atoms with Crippen molar-refractivity contribution < 1.29 is 75.1 Å². The van der Waals surface area contributed by atoms with Gasteiger partial charge in [0.2, 0.25) is 0 Å². The maximum absolute atomic E-state index is 14.0. The molecule has 0 aromatic rings. The standard InChI is InChI=1S/C14H14F13NO4S/c1-4-6-7(3)8(29)32-28(5-2)33(30,31)14(26,27)12(21,22)10(17,18)9(15,16)11(19,20)13(23,24)25/h6H,4-5H2,1-3H3. The van der Waals surface area contributed by atoms with Gasteiger partial charge in [-0.25, -0.2) is 13.2 Å². The first-order valence-electron chi connectivity index (χ1n) is 8.19. The fourth-order valence-corrected chi connectivity index (χ4v) is 3.10. The number of nitrogens with zero attached hydrogens (tertiary/aromatic N) is 1. The van der Waals surface area contributed by atoms with Gasteiger partial charge >= 0.3 is 51.1 Å². The fourth-order valence-electron chi connectivity index (χ4n) is 1.88. The monoisotopic (exact) mass is 539 g/mol. The van der Waals surface area contributed by atoms with Crippen LogP contribution in [-0.4, -0.2) is 60.5 Å². The summed E-state index contributed by atoms with van der Waals surface area (Å²) >= 11 is 0. The van der Waals surface area contributed by atoms with Gasteiger partial charge in [0, 0.05) is 12.1 Å². The van der Waals surface area contributed by atoms with Crippen molar-refractivity contribution in [3.8, 4) is 0 Å². The molecule has 196 valence electrons. The van der Waals surface area contributed by atoms with E-state index in [0.717, 1.165) is 13.0 Å². The second-order valence-corrected chi connectivity index (χ2v) is 7.98. The summed E-state index contributed by atoms with van der Waals surface area (Å²) in [5, 5.41) is -7.49. The van der Waals surface area contributed by atoms with Crippen LogP contribution in [0.4, 0.5) is 57.1 Å². The number of hydroxylamine groups is 1. The third kappa shape index (κ3) is 4.74. The van der Waals surface area contributed by atoms with Crippen molar-refractivity contribution in [1.29, 1.82) is 0 Å². The van der Waals surface area contributed by atoms with Gasteiger partial charge in [-0.05, 0) is 24.7 Å². The summed E-state index contributed by atoms with van der Waals surface area (Å²) in [6.07, 6.45) is -6.59. The van der Waals surface area contributed by atoms with E-state index in [4.69, 9.17) is 0 Å². The predicted molar refractivity (Wildman–Crippen MR) is 82.2 cm³/mol. The van der Waals surface area contributed by atoms with Crippen molar-refractivity contribution in [3.63, 3.8) is 0 Å². The maximum Gasteiger partial charge on any atom is 0.460 e. The third-order valence-corrected chi connectivity index (χ3v) is 5.55. The topological polar surface area (TPSA) is 63.7 Å². The van der Waals surface area contributed by atoms with E-state index in [1.54, 1.807) is 0 Å². The lowest BCUT2D eigenvalue weighted by molar-refractivity contribution is -0.433. The number of carbonyl (C=O) groups excluding carboxylic acids is 1. The van der Waals surface area contributed by atoms with Crippen molar-refractivity contribution in [2.24, 2.45) is 0 Å². The van der Waals surface area contributed by atoms with Gasteiger partial charge in [0.25, 0.3) is 0 Å². The Bertz CT molecular complexity index is 865. The molecule has 0 unspecified atom stereocenters. The van der Waals surface area contributed by atoms with E-state index in [9.17, 15) is 70.3 Å². The highest BCUT2D eigenvalue weighted by Gasteiger charge is 2.92. The number of hydrogen-bond donors (Lipinski definition) is 0. The lowest BCUT2D eigenvalue weighted by atomic mass is 9.98. The summed E-state index contributed by atoms with van der Waals surface area (Å²) in [6.45, 7) is 1.27. The number of alkyl halides is 13. The molecule has 0 N–H and O–H groups in total. The largest absolute Gasteiger partial charge is 0.460 e. The Morgan fingerprint density at radius 3 is 1.52 bits per heavy atom. The Hall–Kier alpha value is -1.79. The van der Waals surface area contributed by atoms with Gasteiger partial charge in [0.15, 0.2) is 0 Å². The summed E-state index contributed by atoms with van der Waals surface area (Å²) in [5.74, 6) is -34.5. The molecule has 0 saturated carbocycles. The van der Waals surface area contributed by atoms with E-state index < -0.39 is 67.7 Å². The molecule has 33 heavy (non-hydrogen) atoms. The predicted octanol–water partition coefficient (Wildman–Crippen LogP) is 5.15. The van der Waals surface area contributed by atoms with Gasteiger partial charge in [-0.2, -0.15) is 57.1 Å². The summed E-state index contributed by atoms with van der Waals surface area (Å²) in [7, 11) is -7.44. The first-order chi connectivity index (χ1) is 14.3. The minimum absolute atomic E-state index is 0.0583. The first-order valence-corrected chi connectivity index (χ1v) is 9.64. The van der Waals surface area contributed by atoms with Crippen molar-refractivity contribution in [2.75, 3.05) is 6.54 Å². The number of hydrogen-bond acceptors (Lipinski definition) is 4. The second-order valence-electron chi connectivity index (χ2n) is 6.11. The SMILES string of the molecule is CCC=C(C)C(=O)ON(CC)S(=O)(=O)C(F)(F)C(F)(F)C(F)(F)C(F)(F)C(F)(F)C(F)(F)F. The molecular formula is C14H14F13NO4S. The molecule has 19 heteroatoms. The van der Waals surface area contributed by atoms with Crippen LogP contribution >= 0.6 is 0 Å². The summed E-state index contributed by atoms with van der Waals surface area (Å²) in [4.78, 5) is 15.4. The van der Waals surface area contributed by atoms with Crippen LogP contribution in [0.25, 0.3) is 0 Å². The summed E-state index contributed by atoms with van der Waals surface area (Å²) in [5.41, 5.74) is -0.525. The zero-order chi connectivity index (χ0) is 27.1. The number of allylic oxidation sites excluding steroid dienone is 1. The fraction of sp³-hybridized carbons (Fsp3) is 0.786. The van der Waals surface area contributed by atoms with Crippen LogP contribution in [0.2, 0.25) is 0 Å². The van der Waals surface area contributed by atoms with Gasteiger partial charge < -0.3 is 4.84 Å². The molecule has 0 aliphatic heterocycles. The lowest BCUT2D eigenvalue weighted by Gasteiger charge is -2.39. The molecule has 0 saturated heterocycles. The van der Waals surface area contributed by atoms with Crippen LogP contribution in [0.3, 0.4) is 0 Å². The van der Waals surface area contributed by atoms with Crippen molar-refractivity contribution in [1.82, 2.24) is 4.47 Å². The molecule has 0 rings (SSSR count). The molecule has 0 atom stereocenters. The number of sulfonamides is 1. The zero-order valence-electron chi connectivity index (χ0n) is 16.4. The van der Waals surface area contributed by atoms with Crippen LogP contribution in [-0.2, 0) is 19.7 Å². The highest BCUT2D eigenvalue weighted by molar-refractivity contribution is 7.90. The molecule has 0 aromatic carbocycles. The van der Waals surface area contributed by atoms with E-state index in [1.807, 2.05) is 0 Å². The van der Waals surface area contributed by atoms with Crippen LogP contribution in [0.1, 0.15) is 27.2 Å². The molecular weight excluding hydrogens is 525 g/mol. The Labute approximate surface area is 177 Å². The lowest BCUT2D eigenvalue weighted by Crippen LogP contribution is -2.71. The molecule has 0 heterocycles. The highest BCUT2D eigenvalue weighted by atomic mass is 32.2. The molecule has 0 radical (unpaired) electrons. The zero-order valence-corrected chi connectivity index (χ0v) is 17.2. The number of rotatable bonds is 10. The number of halogens is 13. The minimum Gasteiger partial charge on any atom is -0.349 e. The minimum atomic E-state index is -8.31. The molecule has 0 fully saturated rings. The van der Waals surface area contributed by atoms with E-state index in [2.05, 4.69) is 4.84 Å². The molecule has 0 aliphatic rings. The van der Waals surface area contributed by atoms with Crippen LogP contribution in [0, 0.1) is 0 Å². The van der Waals surface area contributed by atoms with Crippen LogP contribution in [0.5, 0.6) is 0 Å². The summed E-state index contributed by atoms with van der Waals surface area (Å²) in [6, 6.07) is 0. The van der Waals surface area contributed by atoms with E-state index in [-0.39, 0.29) is 6.42 Å². The Balaban J connectivity index is 6.64. The molecule has 0 aromatic heterocycles. The van der Waals surface area contributed by atoms with Crippen molar-refractivity contribution in [2.45, 2.75) is 62.3 Å². The first kappa shape index (κ1) is 31.2. The van der Waals surface area contributed by atoms with Crippen molar-refractivity contribution >= 4 is 16.0 Å². The molecule has 0 bridgehead atoms. The van der Waals surface area contributed by atoms with Gasteiger partial charge in [-0.15, -0.1) is 0 Å². The quantitative estimate of drug-likeness (QED) is 0.219. The van der Waals surface area contributed by atoms with E-state index in [0.29, 0.717) is 6.92 Å². The number of carbonyl (C=O) groups is 1. The van der Waals surface area contributed by atoms with Crippen molar-refractivity contribution in [3.05, 3.63) is 11.6 Å². The molecule has 0 amide bonds. The normalized spacial score (nSPS) is 15.7. The van der Waals surface area contributed by atoms with Crippen LogP contribution < -0.4 is 0 Å². The summed E-state index contributed by atoms with van der Waals surface area (Å²) < 4.78 is 193. The van der Waals surface area contributed by atoms with Crippen LogP contribution in [0.15, 0.2) is 11.6 Å². The highest BCUT2D eigenvalue weighted by Crippen LogP contribution is 2.61. The average Bonchev–Trinajstić information content (AvgIpc) is 2.63. The van der Waals surface area contributed by atoms with Gasteiger partial charge in [-0.3, -0.25) is 0 Å². The van der Waals surface area contributed by atoms with Gasteiger partial charge in [-0.1, -0.05) is 13.0 Å². The average molecular weight is 539 g/mol. The second kappa shape index (κ2) is 9.10. The van der Waals surface area contributed by atoms with Gasteiger partial charge in [0.1, 0.15) is 0 Å². The molecule has 0 aliphatic carbocycles. The maximum atomic E-state index is 14.0. The smallest absolute Gasteiger partial charge is 0.349 e. The third-order valence-electron chi connectivity index (χ3n) is 3.77. The Morgan fingerprint density at radius 1 is 0.788 bits per heavy atom. The molecule has 5 nitrogen and oxygen atoms in total. The van der Waals surface area contributed by atoms with Gasteiger partial charge in [0.05, 0.1) is 0 Å². The van der Waals surface area contributed by atoms with E-state index >= 15 is 0 Å². The van der Waals surface area contributed by atoms with E-state index in [1.165, 1.54) is 6.92 Å². The molecule has 0 spiro atoms. The Kier molecular flexibility index (Phi) is 8.61. The Morgan fingerprint density at radius 2 is 1.18 bits per heavy atom.